The summed E-state index contributed by atoms with van der Waals surface area (Å²) in [6.07, 6.45) is 7.22. The topological polar surface area (TPSA) is 73.0 Å². The zero-order valence-electron chi connectivity index (χ0n) is 12.2. The van der Waals surface area contributed by atoms with Crippen molar-refractivity contribution in [3.8, 4) is 0 Å². The van der Waals surface area contributed by atoms with Crippen molar-refractivity contribution in [1.29, 1.82) is 0 Å². The van der Waals surface area contributed by atoms with Crippen LogP contribution >= 0.6 is 0 Å². The molecule has 1 N–H and O–H groups in total. The summed E-state index contributed by atoms with van der Waals surface area (Å²) in [5, 5.41) is 7.85. The second-order valence-electron chi connectivity index (χ2n) is 5.61. The van der Waals surface area contributed by atoms with Crippen molar-refractivity contribution in [2.24, 2.45) is 0 Å². The largest absolute Gasteiger partial charge is 0.447 e. The molecule has 6 heteroatoms. The molecule has 2 aromatic rings. The van der Waals surface area contributed by atoms with Gasteiger partial charge in [0, 0.05) is 12.1 Å². The molecule has 0 spiro atoms. The van der Waals surface area contributed by atoms with Gasteiger partial charge < -0.3 is 9.73 Å². The van der Waals surface area contributed by atoms with Crippen LogP contribution in [0.4, 0.5) is 0 Å². The standard InChI is InChI=1S/C15H20N4O2/c1-11-2-7-15(20)19(18-11)13-5-3-12(4-6-13)17-9-14-8-16-10-21-14/h2,7-8,10,12-13,17H,3-6,9H2,1H3. The first-order valence-electron chi connectivity index (χ1n) is 7.39. The van der Waals surface area contributed by atoms with Crippen molar-refractivity contribution in [3.63, 3.8) is 0 Å². The van der Waals surface area contributed by atoms with E-state index in [-0.39, 0.29) is 11.6 Å². The summed E-state index contributed by atoms with van der Waals surface area (Å²) in [7, 11) is 0. The summed E-state index contributed by atoms with van der Waals surface area (Å²) >= 11 is 0. The minimum Gasteiger partial charge on any atom is -0.447 e. The Morgan fingerprint density at radius 3 is 2.86 bits per heavy atom. The highest BCUT2D eigenvalue weighted by Gasteiger charge is 2.23. The van der Waals surface area contributed by atoms with Crippen LogP contribution in [0.1, 0.15) is 43.2 Å². The maximum absolute atomic E-state index is 11.9. The lowest BCUT2D eigenvalue weighted by atomic mass is 9.91. The van der Waals surface area contributed by atoms with E-state index in [1.54, 1.807) is 23.0 Å². The number of aryl methyl sites for hydroxylation is 1. The maximum atomic E-state index is 11.9. The molecule has 1 aliphatic carbocycles. The van der Waals surface area contributed by atoms with Gasteiger partial charge in [-0.15, -0.1) is 0 Å². The first kappa shape index (κ1) is 14.0. The number of nitrogens with one attached hydrogen (secondary N) is 1. The molecule has 2 aromatic heterocycles. The lowest BCUT2D eigenvalue weighted by Gasteiger charge is -2.29. The van der Waals surface area contributed by atoms with E-state index in [9.17, 15) is 4.79 Å². The fourth-order valence-corrected chi connectivity index (χ4v) is 2.88. The molecule has 0 amide bonds. The lowest BCUT2D eigenvalue weighted by molar-refractivity contribution is 0.264. The van der Waals surface area contributed by atoms with E-state index in [1.807, 2.05) is 6.92 Å². The van der Waals surface area contributed by atoms with Gasteiger partial charge in [0.15, 0.2) is 6.39 Å². The van der Waals surface area contributed by atoms with Gasteiger partial charge in [0.1, 0.15) is 5.76 Å². The summed E-state index contributed by atoms with van der Waals surface area (Å²) in [5.74, 6) is 0.855. The molecular weight excluding hydrogens is 268 g/mol. The van der Waals surface area contributed by atoms with Crippen LogP contribution in [-0.2, 0) is 6.54 Å². The maximum Gasteiger partial charge on any atom is 0.267 e. The molecule has 1 aliphatic rings. The average Bonchev–Trinajstić information content (AvgIpc) is 3.02. The molecule has 3 rings (SSSR count). The van der Waals surface area contributed by atoms with E-state index < -0.39 is 0 Å². The fourth-order valence-electron chi connectivity index (χ4n) is 2.88. The van der Waals surface area contributed by atoms with Gasteiger partial charge in [0.2, 0.25) is 0 Å². The second kappa shape index (κ2) is 6.22. The molecule has 2 heterocycles. The molecule has 6 nitrogen and oxygen atoms in total. The number of aromatic nitrogens is 3. The van der Waals surface area contributed by atoms with Crippen molar-refractivity contribution in [2.45, 2.75) is 51.2 Å². The van der Waals surface area contributed by atoms with Crippen molar-refractivity contribution in [1.82, 2.24) is 20.1 Å². The number of hydrogen-bond acceptors (Lipinski definition) is 5. The van der Waals surface area contributed by atoms with E-state index in [0.717, 1.165) is 37.1 Å². The van der Waals surface area contributed by atoms with Gasteiger partial charge in [0.05, 0.1) is 24.5 Å². The van der Waals surface area contributed by atoms with Crippen LogP contribution in [0.2, 0.25) is 0 Å². The Balaban J connectivity index is 1.55. The van der Waals surface area contributed by atoms with E-state index in [4.69, 9.17) is 4.42 Å². The van der Waals surface area contributed by atoms with Crippen LogP contribution in [0.3, 0.4) is 0 Å². The van der Waals surface area contributed by atoms with Crippen molar-refractivity contribution in [3.05, 3.63) is 46.5 Å². The highest BCUT2D eigenvalue weighted by molar-refractivity contribution is 4.98. The Kier molecular flexibility index (Phi) is 4.15. The summed E-state index contributed by atoms with van der Waals surface area (Å²) in [6, 6.07) is 4.06. The third kappa shape index (κ3) is 3.39. The molecule has 0 bridgehead atoms. The Morgan fingerprint density at radius 2 is 2.14 bits per heavy atom. The third-order valence-electron chi connectivity index (χ3n) is 4.05. The minimum absolute atomic E-state index is 0.00123. The quantitative estimate of drug-likeness (QED) is 0.929. The number of nitrogens with zero attached hydrogens (tertiary/aromatic N) is 3. The number of rotatable bonds is 4. The van der Waals surface area contributed by atoms with Crippen LogP contribution in [-0.4, -0.2) is 20.8 Å². The molecule has 1 fully saturated rings. The molecule has 0 aromatic carbocycles. The smallest absolute Gasteiger partial charge is 0.267 e. The normalized spacial score (nSPS) is 22.3. The van der Waals surface area contributed by atoms with Gasteiger partial charge in [-0.25, -0.2) is 9.67 Å². The molecule has 0 radical (unpaired) electrons. The molecule has 0 unspecified atom stereocenters. The molecule has 0 aliphatic heterocycles. The van der Waals surface area contributed by atoms with Gasteiger partial charge in [-0.1, -0.05) is 0 Å². The van der Waals surface area contributed by atoms with Gasteiger partial charge >= 0.3 is 0 Å². The fraction of sp³-hybridized carbons (Fsp3) is 0.533. The van der Waals surface area contributed by atoms with Crippen molar-refractivity contribution < 1.29 is 4.42 Å². The summed E-state index contributed by atoms with van der Waals surface area (Å²) in [4.78, 5) is 15.8. The molecular formula is C15H20N4O2. The van der Waals surface area contributed by atoms with Crippen molar-refractivity contribution >= 4 is 0 Å². The predicted octanol–water partition coefficient (Wildman–Crippen LogP) is 1.81. The molecule has 1 saturated carbocycles. The Hall–Kier alpha value is -1.95. The summed E-state index contributed by atoms with van der Waals surface area (Å²) < 4.78 is 6.87. The van der Waals surface area contributed by atoms with Crippen molar-refractivity contribution in [2.75, 3.05) is 0 Å². The predicted molar refractivity (Wildman–Crippen MR) is 77.9 cm³/mol. The molecule has 0 atom stereocenters. The van der Waals surface area contributed by atoms with E-state index in [0.29, 0.717) is 12.6 Å². The monoisotopic (exact) mass is 288 g/mol. The van der Waals surface area contributed by atoms with Gasteiger partial charge in [-0.05, 0) is 38.7 Å². The van der Waals surface area contributed by atoms with Crippen LogP contribution in [0, 0.1) is 6.92 Å². The highest BCUT2D eigenvalue weighted by Crippen LogP contribution is 2.27. The number of hydrogen-bond donors (Lipinski definition) is 1. The minimum atomic E-state index is -0.00123. The van der Waals surface area contributed by atoms with E-state index >= 15 is 0 Å². The van der Waals surface area contributed by atoms with Crippen LogP contribution < -0.4 is 10.9 Å². The molecule has 112 valence electrons. The third-order valence-corrected chi connectivity index (χ3v) is 4.05. The lowest BCUT2D eigenvalue weighted by Crippen LogP contribution is -2.36. The van der Waals surface area contributed by atoms with Crippen LogP contribution in [0.5, 0.6) is 0 Å². The zero-order chi connectivity index (χ0) is 14.7. The first-order chi connectivity index (χ1) is 10.2. The Bertz CT molecular complexity index is 627. The Labute approximate surface area is 123 Å². The van der Waals surface area contributed by atoms with E-state index in [1.165, 1.54) is 6.39 Å². The van der Waals surface area contributed by atoms with Gasteiger partial charge in [-0.3, -0.25) is 4.79 Å². The van der Waals surface area contributed by atoms with Crippen LogP contribution in [0.15, 0.2) is 33.9 Å². The average molecular weight is 288 g/mol. The zero-order valence-corrected chi connectivity index (χ0v) is 12.2. The number of oxazole rings is 1. The molecule has 21 heavy (non-hydrogen) atoms. The summed E-state index contributed by atoms with van der Waals surface area (Å²) in [5.41, 5.74) is 0.888. The SMILES string of the molecule is Cc1ccc(=O)n(C2CCC(NCc3cnco3)CC2)n1. The Morgan fingerprint density at radius 1 is 1.33 bits per heavy atom. The highest BCUT2D eigenvalue weighted by atomic mass is 16.3. The molecule has 0 saturated heterocycles. The second-order valence-corrected chi connectivity index (χ2v) is 5.61. The first-order valence-corrected chi connectivity index (χ1v) is 7.39. The van der Waals surface area contributed by atoms with E-state index in [2.05, 4.69) is 15.4 Å². The van der Waals surface area contributed by atoms with Gasteiger partial charge in [-0.2, -0.15) is 5.10 Å². The van der Waals surface area contributed by atoms with Gasteiger partial charge in [0.25, 0.3) is 5.56 Å². The van der Waals surface area contributed by atoms with Crippen LogP contribution in [0.25, 0.3) is 0 Å². The summed E-state index contributed by atoms with van der Waals surface area (Å²) in [6.45, 7) is 2.62.